The van der Waals surface area contributed by atoms with E-state index in [-0.39, 0.29) is 22.3 Å². The topological polar surface area (TPSA) is 0 Å². The smallest absolute Gasteiger partial charge is 0.0420 e. The van der Waals surface area contributed by atoms with Crippen LogP contribution in [-0.4, -0.2) is 0 Å². The minimum absolute atomic E-state index is 0. The molecule has 0 fully saturated rings. The third-order valence-corrected chi connectivity index (χ3v) is 9.07. The third kappa shape index (κ3) is 74.7. The van der Waals surface area contributed by atoms with Gasteiger partial charge in [0.05, 0.1) is 0 Å². The van der Waals surface area contributed by atoms with E-state index in [4.69, 9.17) is 0 Å². The van der Waals surface area contributed by atoms with Crippen molar-refractivity contribution < 1.29 is 0 Å². The molecule has 0 aromatic carbocycles. The zero-order chi connectivity index (χ0) is 34.6. The molecule has 0 aliphatic heterocycles. The summed E-state index contributed by atoms with van der Waals surface area (Å²) in [4.78, 5) is 0. The zero-order valence-corrected chi connectivity index (χ0v) is 34.6. The molecule has 294 valence electrons. The summed E-state index contributed by atoms with van der Waals surface area (Å²) in [5, 5.41) is 0. The van der Waals surface area contributed by atoms with Crippen molar-refractivity contribution >= 4 is 0 Å². The summed E-state index contributed by atoms with van der Waals surface area (Å²) in [5.74, 6) is 4.00. The molecule has 0 spiro atoms. The summed E-state index contributed by atoms with van der Waals surface area (Å²) in [6.45, 7) is 36.2. The molecule has 0 unspecified atom stereocenters. The van der Waals surface area contributed by atoms with Crippen molar-refractivity contribution in [2.45, 2.75) is 281 Å². The molecule has 0 saturated carbocycles. The van der Waals surface area contributed by atoms with Crippen LogP contribution in [0.1, 0.15) is 281 Å². The van der Waals surface area contributed by atoms with Gasteiger partial charge in [0.1, 0.15) is 0 Å². The summed E-state index contributed by atoms with van der Waals surface area (Å²) >= 11 is 0. The summed E-state index contributed by atoms with van der Waals surface area (Å²) in [5.41, 5.74) is 0. The van der Waals surface area contributed by atoms with Crippen LogP contribution in [0.15, 0.2) is 0 Å². The molecule has 0 bridgehead atoms. The fourth-order valence-corrected chi connectivity index (χ4v) is 5.27. The Hall–Kier alpha value is 0. The average Bonchev–Trinajstić information content (AvgIpc) is 3.04. The standard InChI is InChI=1S/4C8H18.C6H14.C5H12.3CH4/c4*1-4-7-8(5-2)6-3;1-3-5-6-4-2;1-3-5-4-2;;;/h4*8H,4-7H2,1-3H3;3-6H2,1-2H3;3-5H2,1-2H3;3*1H4. The van der Waals surface area contributed by atoms with Crippen LogP contribution >= 0.6 is 0 Å². The van der Waals surface area contributed by atoms with Crippen molar-refractivity contribution in [3.8, 4) is 0 Å². The van der Waals surface area contributed by atoms with E-state index in [0.29, 0.717) is 0 Å². The van der Waals surface area contributed by atoms with Crippen LogP contribution in [0.5, 0.6) is 0 Å². The first-order valence-corrected chi connectivity index (χ1v) is 20.7. The first-order chi connectivity index (χ1) is 20.7. The van der Waals surface area contributed by atoms with Crippen LogP contribution in [0.4, 0.5) is 0 Å². The molecule has 0 aliphatic rings. The minimum Gasteiger partial charge on any atom is -0.0776 e. The van der Waals surface area contributed by atoms with Crippen LogP contribution < -0.4 is 0 Å². The van der Waals surface area contributed by atoms with Crippen molar-refractivity contribution in [1.82, 2.24) is 0 Å². The molecule has 0 aliphatic carbocycles. The number of hydrogen-bond donors (Lipinski definition) is 0. The quantitative estimate of drug-likeness (QED) is 0.107. The van der Waals surface area contributed by atoms with Gasteiger partial charge in [-0.05, 0) is 23.7 Å². The average molecular weight is 663 g/mol. The lowest BCUT2D eigenvalue weighted by Crippen LogP contribution is -1.94. The van der Waals surface area contributed by atoms with Crippen molar-refractivity contribution in [2.75, 3.05) is 0 Å². The fourth-order valence-electron chi connectivity index (χ4n) is 5.27. The largest absolute Gasteiger partial charge is 0.0776 e. The highest BCUT2D eigenvalue weighted by molar-refractivity contribution is 4.53. The highest BCUT2D eigenvalue weighted by Crippen LogP contribution is 2.15. The molecular formula is C46H110. The predicted molar refractivity (Wildman–Crippen MR) is 231 cm³/mol. The summed E-state index contributed by atoms with van der Waals surface area (Å²) < 4.78 is 0. The number of hydrogen-bond acceptors (Lipinski definition) is 0. The molecule has 0 rings (SSSR count). The van der Waals surface area contributed by atoms with Crippen molar-refractivity contribution in [3.63, 3.8) is 0 Å². The predicted octanol–water partition coefficient (Wildman–Crippen LogP) is 19.6. The Morgan fingerprint density at radius 3 is 0.413 bits per heavy atom. The van der Waals surface area contributed by atoms with Crippen LogP contribution in [0.3, 0.4) is 0 Å². The lowest BCUT2D eigenvalue weighted by Gasteiger charge is -2.08. The second kappa shape index (κ2) is 71.1. The lowest BCUT2D eigenvalue weighted by atomic mass is 9.98. The van der Waals surface area contributed by atoms with Gasteiger partial charge in [0.15, 0.2) is 0 Å². The molecule has 0 heterocycles. The van der Waals surface area contributed by atoms with Gasteiger partial charge in [0.25, 0.3) is 0 Å². The van der Waals surface area contributed by atoms with Crippen LogP contribution in [-0.2, 0) is 0 Å². The third-order valence-electron chi connectivity index (χ3n) is 9.07. The molecule has 0 aromatic rings. The Balaban J connectivity index is -0.0000000507. The van der Waals surface area contributed by atoms with Crippen LogP contribution in [0, 0.1) is 23.7 Å². The van der Waals surface area contributed by atoms with Crippen LogP contribution in [0.2, 0.25) is 0 Å². The van der Waals surface area contributed by atoms with Gasteiger partial charge < -0.3 is 0 Å². The van der Waals surface area contributed by atoms with Gasteiger partial charge in [-0.2, -0.15) is 0 Å². The maximum absolute atomic E-state index is 2.28. The number of rotatable bonds is 21. The Morgan fingerprint density at radius 1 is 0.217 bits per heavy atom. The molecule has 0 heteroatoms. The summed E-state index contributed by atoms with van der Waals surface area (Å²) in [6.07, 6.45) is 31.6. The number of unbranched alkanes of at least 4 members (excludes halogenated alkanes) is 5. The fraction of sp³-hybridized carbons (Fsp3) is 1.00. The normalized spacial score (nSPS) is 9.39. The molecular weight excluding hydrogens is 553 g/mol. The minimum atomic E-state index is 0. The highest BCUT2D eigenvalue weighted by Gasteiger charge is 2.00. The molecule has 0 aromatic heterocycles. The molecule has 46 heavy (non-hydrogen) atoms. The first kappa shape index (κ1) is 68.0. The Bertz CT molecular complexity index is 281. The Labute approximate surface area is 303 Å². The molecule has 0 N–H and O–H groups in total. The molecule has 0 amide bonds. The lowest BCUT2D eigenvalue weighted by molar-refractivity contribution is 0.451. The Kier molecular flexibility index (Phi) is 105. The maximum atomic E-state index is 2.28. The van der Waals surface area contributed by atoms with Gasteiger partial charge in [-0.15, -0.1) is 0 Å². The van der Waals surface area contributed by atoms with E-state index in [9.17, 15) is 0 Å². The van der Waals surface area contributed by atoms with Gasteiger partial charge in [-0.1, -0.05) is 281 Å². The summed E-state index contributed by atoms with van der Waals surface area (Å²) in [7, 11) is 0. The highest BCUT2D eigenvalue weighted by atomic mass is 14.1. The van der Waals surface area contributed by atoms with Crippen molar-refractivity contribution in [3.05, 3.63) is 0 Å². The van der Waals surface area contributed by atoms with Crippen molar-refractivity contribution in [2.24, 2.45) is 23.7 Å². The van der Waals surface area contributed by atoms with Gasteiger partial charge >= 0.3 is 0 Å². The first-order valence-electron chi connectivity index (χ1n) is 20.7. The zero-order valence-electron chi connectivity index (χ0n) is 34.6. The molecule has 0 nitrogen and oxygen atoms in total. The van der Waals surface area contributed by atoms with E-state index in [2.05, 4.69) is 111 Å². The van der Waals surface area contributed by atoms with E-state index in [1.165, 1.54) is 148 Å². The van der Waals surface area contributed by atoms with E-state index in [0.717, 1.165) is 23.7 Å². The second-order valence-electron chi connectivity index (χ2n) is 12.9. The van der Waals surface area contributed by atoms with Crippen molar-refractivity contribution in [1.29, 1.82) is 0 Å². The molecule has 0 atom stereocenters. The van der Waals surface area contributed by atoms with E-state index in [1.807, 2.05) is 0 Å². The van der Waals surface area contributed by atoms with E-state index < -0.39 is 0 Å². The summed E-state index contributed by atoms with van der Waals surface area (Å²) in [6, 6.07) is 0. The SMILES string of the molecule is C.C.C.CCCC(CC)CC.CCCC(CC)CC.CCCC(CC)CC.CCCC(CC)CC.CCCCC.CCCCCC. The second-order valence-corrected chi connectivity index (χ2v) is 12.9. The van der Waals surface area contributed by atoms with E-state index in [1.54, 1.807) is 0 Å². The van der Waals surface area contributed by atoms with Gasteiger partial charge in [0.2, 0.25) is 0 Å². The van der Waals surface area contributed by atoms with Gasteiger partial charge in [0, 0.05) is 0 Å². The maximum Gasteiger partial charge on any atom is -0.0420 e. The molecule has 0 saturated heterocycles. The van der Waals surface area contributed by atoms with Gasteiger partial charge in [-0.25, -0.2) is 0 Å². The van der Waals surface area contributed by atoms with Crippen LogP contribution in [0.25, 0.3) is 0 Å². The molecule has 0 radical (unpaired) electrons. The van der Waals surface area contributed by atoms with Gasteiger partial charge in [-0.3, -0.25) is 0 Å². The monoisotopic (exact) mass is 663 g/mol. The Morgan fingerprint density at radius 2 is 0.370 bits per heavy atom. The van der Waals surface area contributed by atoms with E-state index >= 15 is 0 Å².